The molecule has 1 unspecified atom stereocenters. The van der Waals surface area contributed by atoms with Gasteiger partial charge in [0.2, 0.25) is 0 Å². The first-order valence-electron chi connectivity index (χ1n) is 6.52. The maximum absolute atomic E-state index is 9.87. The minimum absolute atomic E-state index is 0.473. The summed E-state index contributed by atoms with van der Waals surface area (Å²) in [5.41, 5.74) is 3.35. The lowest BCUT2D eigenvalue weighted by Crippen LogP contribution is -2.23. The van der Waals surface area contributed by atoms with Gasteiger partial charge in [0.1, 0.15) is 6.10 Å². The molecular weight excluding hydrogens is 240 g/mol. The highest BCUT2D eigenvalue weighted by molar-refractivity contribution is 5.21. The minimum atomic E-state index is -0.640. The minimum Gasteiger partial charge on any atom is -0.384 e. The van der Waals surface area contributed by atoms with Gasteiger partial charge in [0.05, 0.1) is 5.69 Å². The zero-order valence-electron chi connectivity index (χ0n) is 11.4. The summed E-state index contributed by atoms with van der Waals surface area (Å²) in [7, 11) is 0. The average Bonchev–Trinajstić information content (AvgIpc) is 2.83. The molecule has 0 radical (unpaired) electrons. The Morgan fingerprint density at radius 1 is 1.26 bits per heavy atom. The van der Waals surface area contributed by atoms with Crippen molar-refractivity contribution in [1.82, 2.24) is 10.5 Å². The van der Waals surface area contributed by atoms with Gasteiger partial charge in [0.15, 0.2) is 5.76 Å². The molecule has 1 aromatic heterocycles. The zero-order valence-corrected chi connectivity index (χ0v) is 11.4. The Kier molecular flexibility index (Phi) is 4.71. The molecule has 4 nitrogen and oxygen atoms in total. The van der Waals surface area contributed by atoms with Gasteiger partial charge in [-0.3, -0.25) is 0 Å². The number of nitrogens with one attached hydrogen (secondary N) is 1. The third kappa shape index (κ3) is 4.19. The van der Waals surface area contributed by atoms with Gasteiger partial charge in [-0.1, -0.05) is 35.0 Å². The molecule has 0 saturated heterocycles. The van der Waals surface area contributed by atoms with Crippen molar-refractivity contribution in [2.45, 2.75) is 26.4 Å². The summed E-state index contributed by atoms with van der Waals surface area (Å²) in [6.07, 6.45) is 0.307. The van der Waals surface area contributed by atoms with E-state index in [0.717, 1.165) is 18.7 Å². The van der Waals surface area contributed by atoms with Gasteiger partial charge in [-0.15, -0.1) is 0 Å². The molecule has 2 aromatic rings. The van der Waals surface area contributed by atoms with Crippen molar-refractivity contribution in [3.8, 4) is 0 Å². The number of aryl methyl sites for hydroxylation is 2. The Labute approximate surface area is 113 Å². The summed E-state index contributed by atoms with van der Waals surface area (Å²) < 4.78 is 5.01. The van der Waals surface area contributed by atoms with E-state index in [1.54, 1.807) is 6.07 Å². The van der Waals surface area contributed by atoms with E-state index >= 15 is 0 Å². The summed E-state index contributed by atoms with van der Waals surface area (Å²) in [4.78, 5) is 0. The molecule has 0 spiro atoms. The third-order valence-corrected chi connectivity index (χ3v) is 3.02. The molecule has 2 N–H and O–H groups in total. The van der Waals surface area contributed by atoms with Crippen molar-refractivity contribution < 1.29 is 9.63 Å². The Morgan fingerprint density at radius 3 is 2.63 bits per heavy atom. The van der Waals surface area contributed by atoms with Crippen LogP contribution in [0.25, 0.3) is 0 Å². The zero-order chi connectivity index (χ0) is 13.7. The Morgan fingerprint density at radius 2 is 2.00 bits per heavy atom. The number of hydrogen-bond donors (Lipinski definition) is 2. The molecule has 0 amide bonds. The van der Waals surface area contributed by atoms with Crippen molar-refractivity contribution in [1.29, 1.82) is 0 Å². The Bertz CT molecular complexity index is 505. The topological polar surface area (TPSA) is 58.3 Å². The average molecular weight is 260 g/mol. The molecular formula is C15H20N2O2. The molecule has 4 heteroatoms. The van der Waals surface area contributed by atoms with Crippen LogP contribution in [0.4, 0.5) is 0 Å². The lowest BCUT2D eigenvalue weighted by molar-refractivity contribution is 0.138. The van der Waals surface area contributed by atoms with E-state index < -0.39 is 6.10 Å². The highest BCUT2D eigenvalue weighted by Crippen LogP contribution is 2.12. The molecule has 19 heavy (non-hydrogen) atoms. The van der Waals surface area contributed by atoms with Gasteiger partial charge in [0.25, 0.3) is 0 Å². The van der Waals surface area contributed by atoms with Gasteiger partial charge in [0, 0.05) is 12.6 Å². The van der Waals surface area contributed by atoms with Gasteiger partial charge < -0.3 is 14.9 Å². The molecule has 0 aliphatic carbocycles. The number of aromatic nitrogens is 1. The van der Waals surface area contributed by atoms with E-state index in [9.17, 15) is 5.11 Å². The van der Waals surface area contributed by atoms with E-state index in [1.165, 1.54) is 11.1 Å². The number of hydrogen-bond acceptors (Lipinski definition) is 4. The van der Waals surface area contributed by atoms with Gasteiger partial charge in [-0.2, -0.15) is 0 Å². The maximum Gasteiger partial charge on any atom is 0.166 e. The van der Waals surface area contributed by atoms with Gasteiger partial charge >= 0.3 is 0 Å². The number of aliphatic hydroxyl groups excluding tert-OH is 1. The molecule has 1 atom stereocenters. The standard InChI is InChI=1S/C15H20N2O2/c1-11-3-5-13(6-4-11)7-8-16-10-14(18)15-9-12(2)17-19-15/h3-6,9,14,16,18H,7-8,10H2,1-2H3. The monoisotopic (exact) mass is 260 g/mol. The number of rotatable bonds is 6. The van der Waals surface area contributed by atoms with E-state index in [4.69, 9.17) is 4.52 Å². The van der Waals surface area contributed by atoms with Gasteiger partial charge in [-0.05, 0) is 32.4 Å². The predicted octanol–water partition coefficient (Wildman–Crippen LogP) is 2.16. The quantitative estimate of drug-likeness (QED) is 0.781. The first kappa shape index (κ1) is 13.8. The molecule has 102 valence electrons. The second-order valence-corrected chi connectivity index (χ2v) is 4.83. The van der Waals surface area contributed by atoms with Crippen LogP contribution in [0.15, 0.2) is 34.9 Å². The van der Waals surface area contributed by atoms with Crippen LogP contribution in [-0.2, 0) is 6.42 Å². The first-order chi connectivity index (χ1) is 9.15. The lowest BCUT2D eigenvalue weighted by Gasteiger charge is -2.08. The lowest BCUT2D eigenvalue weighted by atomic mass is 10.1. The van der Waals surface area contributed by atoms with Crippen molar-refractivity contribution in [3.05, 3.63) is 52.9 Å². The molecule has 0 fully saturated rings. The Hall–Kier alpha value is -1.65. The molecule has 1 aromatic carbocycles. The number of nitrogens with zero attached hydrogens (tertiary/aromatic N) is 1. The number of benzene rings is 1. The fourth-order valence-electron chi connectivity index (χ4n) is 1.87. The summed E-state index contributed by atoms with van der Waals surface area (Å²) >= 11 is 0. The Balaban J connectivity index is 1.70. The second kappa shape index (κ2) is 6.50. The van der Waals surface area contributed by atoms with Crippen molar-refractivity contribution in [2.75, 3.05) is 13.1 Å². The van der Waals surface area contributed by atoms with Crippen LogP contribution < -0.4 is 5.32 Å². The van der Waals surface area contributed by atoms with Crippen molar-refractivity contribution in [2.24, 2.45) is 0 Å². The highest BCUT2D eigenvalue weighted by atomic mass is 16.5. The summed E-state index contributed by atoms with van der Waals surface area (Å²) in [5, 5.41) is 16.8. The van der Waals surface area contributed by atoms with E-state index in [-0.39, 0.29) is 0 Å². The van der Waals surface area contributed by atoms with Crippen molar-refractivity contribution in [3.63, 3.8) is 0 Å². The first-order valence-corrected chi connectivity index (χ1v) is 6.52. The van der Waals surface area contributed by atoms with E-state index in [1.807, 2.05) is 6.92 Å². The molecule has 2 rings (SSSR count). The molecule has 0 aliphatic rings. The van der Waals surface area contributed by atoms with Crippen LogP contribution in [0, 0.1) is 13.8 Å². The van der Waals surface area contributed by atoms with Crippen LogP contribution in [0.5, 0.6) is 0 Å². The van der Waals surface area contributed by atoms with Crippen molar-refractivity contribution >= 4 is 0 Å². The third-order valence-electron chi connectivity index (χ3n) is 3.02. The van der Waals surface area contributed by atoms with Gasteiger partial charge in [-0.25, -0.2) is 0 Å². The molecule has 0 aliphatic heterocycles. The van der Waals surface area contributed by atoms with Crippen LogP contribution in [0.2, 0.25) is 0 Å². The SMILES string of the molecule is Cc1ccc(CCNCC(O)c2cc(C)no2)cc1. The van der Waals surface area contributed by atoms with E-state index in [0.29, 0.717) is 12.3 Å². The molecule has 1 heterocycles. The highest BCUT2D eigenvalue weighted by Gasteiger charge is 2.11. The summed E-state index contributed by atoms with van der Waals surface area (Å²) in [6.45, 7) is 5.22. The largest absolute Gasteiger partial charge is 0.384 e. The normalized spacial score (nSPS) is 12.6. The number of aliphatic hydroxyl groups is 1. The maximum atomic E-state index is 9.87. The smallest absolute Gasteiger partial charge is 0.166 e. The van der Waals surface area contributed by atoms with E-state index in [2.05, 4.69) is 41.7 Å². The summed E-state index contributed by atoms with van der Waals surface area (Å²) in [5.74, 6) is 0.514. The second-order valence-electron chi connectivity index (χ2n) is 4.83. The fourth-order valence-corrected chi connectivity index (χ4v) is 1.87. The van der Waals surface area contributed by atoms with Crippen LogP contribution in [0.3, 0.4) is 0 Å². The summed E-state index contributed by atoms with van der Waals surface area (Å²) in [6, 6.07) is 10.2. The van der Waals surface area contributed by atoms with Crippen LogP contribution >= 0.6 is 0 Å². The predicted molar refractivity (Wildman–Crippen MR) is 74.0 cm³/mol. The van der Waals surface area contributed by atoms with Crippen LogP contribution in [0.1, 0.15) is 28.7 Å². The van der Waals surface area contributed by atoms with Crippen LogP contribution in [-0.4, -0.2) is 23.4 Å². The fraction of sp³-hybridized carbons (Fsp3) is 0.400. The molecule has 0 saturated carbocycles. The molecule has 0 bridgehead atoms.